The van der Waals surface area contributed by atoms with Gasteiger partial charge in [-0.25, -0.2) is 8.78 Å². The molecule has 4 rings (SSSR count). The van der Waals surface area contributed by atoms with Gasteiger partial charge in [0.05, 0.1) is 23.7 Å². The van der Waals surface area contributed by atoms with Crippen molar-refractivity contribution in [1.82, 2.24) is 14.9 Å². The molecule has 0 saturated heterocycles. The Morgan fingerprint density at radius 1 is 1.15 bits per heavy atom. The zero-order chi connectivity index (χ0) is 23.5. The number of aromatic nitrogens is 2. The minimum absolute atomic E-state index is 0.00769. The summed E-state index contributed by atoms with van der Waals surface area (Å²) < 4.78 is 44.7. The highest BCUT2D eigenvalue weighted by Crippen LogP contribution is 2.45. The number of nitrogens with zero attached hydrogens (tertiary/aromatic N) is 2. The summed E-state index contributed by atoms with van der Waals surface area (Å²) in [5, 5.41) is 2.83. The summed E-state index contributed by atoms with van der Waals surface area (Å²) in [6.45, 7) is 3.32. The fourth-order valence-corrected chi connectivity index (χ4v) is 4.45. The van der Waals surface area contributed by atoms with E-state index in [1.807, 2.05) is 24.6 Å². The Balaban J connectivity index is 1.38. The molecule has 0 aliphatic heterocycles. The normalized spacial score (nSPS) is 21.9. The maximum Gasteiger partial charge on any atom is 0.297 e. The number of nitrogens with one attached hydrogen (secondary N) is 1. The van der Waals surface area contributed by atoms with E-state index in [-0.39, 0.29) is 24.2 Å². The molecule has 2 aromatic rings. The number of halogens is 2. The van der Waals surface area contributed by atoms with E-state index in [0.29, 0.717) is 24.3 Å². The first kappa shape index (κ1) is 23.7. The second kappa shape index (κ2) is 10.2. The van der Waals surface area contributed by atoms with Gasteiger partial charge in [0.2, 0.25) is 5.91 Å². The Kier molecular flexibility index (Phi) is 7.36. The van der Waals surface area contributed by atoms with Crippen LogP contribution < -0.4 is 14.8 Å². The molecule has 1 amide bonds. The lowest BCUT2D eigenvalue weighted by atomic mass is 9.95. The van der Waals surface area contributed by atoms with E-state index in [1.54, 1.807) is 6.07 Å². The molecule has 33 heavy (non-hydrogen) atoms. The van der Waals surface area contributed by atoms with Gasteiger partial charge in [0.15, 0.2) is 0 Å². The van der Waals surface area contributed by atoms with Crippen LogP contribution in [0.2, 0.25) is 0 Å². The van der Waals surface area contributed by atoms with Crippen molar-refractivity contribution < 1.29 is 27.8 Å². The van der Waals surface area contributed by atoms with E-state index >= 15 is 0 Å². The van der Waals surface area contributed by atoms with Crippen molar-refractivity contribution in [2.75, 3.05) is 13.2 Å². The van der Waals surface area contributed by atoms with Gasteiger partial charge in [-0.1, -0.05) is 0 Å². The molecule has 182 valence electrons. The summed E-state index contributed by atoms with van der Waals surface area (Å²) in [5.41, 5.74) is 2.75. The van der Waals surface area contributed by atoms with Crippen LogP contribution in [0.4, 0.5) is 8.78 Å². The van der Waals surface area contributed by atoms with Gasteiger partial charge in [-0.15, -0.1) is 0 Å². The van der Waals surface area contributed by atoms with Crippen LogP contribution >= 0.6 is 0 Å². The summed E-state index contributed by atoms with van der Waals surface area (Å²) in [7, 11) is 1.89. The Morgan fingerprint density at radius 3 is 2.48 bits per heavy atom. The van der Waals surface area contributed by atoms with Crippen molar-refractivity contribution in [2.24, 2.45) is 7.05 Å². The van der Waals surface area contributed by atoms with Crippen LogP contribution in [0.25, 0.3) is 11.0 Å². The first-order valence-electron chi connectivity index (χ1n) is 11.8. The molecule has 1 aromatic heterocycles. The van der Waals surface area contributed by atoms with Crippen LogP contribution in [-0.2, 0) is 16.6 Å². The van der Waals surface area contributed by atoms with Crippen molar-refractivity contribution in [1.29, 1.82) is 0 Å². The molecule has 2 aliphatic rings. The van der Waals surface area contributed by atoms with Crippen molar-refractivity contribution in [3.05, 3.63) is 17.7 Å². The number of carbonyl (C=O) groups excluding carboxylic acids is 1. The lowest BCUT2D eigenvalue weighted by Gasteiger charge is -2.29. The largest absolute Gasteiger partial charge is 0.488 e. The number of aryl methyl sites for hydroxylation is 1. The highest BCUT2D eigenvalue weighted by atomic mass is 19.3. The second-order valence-electron chi connectivity index (χ2n) is 9.26. The third-order valence-corrected chi connectivity index (χ3v) is 6.27. The highest BCUT2D eigenvalue weighted by Gasteiger charge is 2.30. The minimum Gasteiger partial charge on any atom is -0.488 e. The van der Waals surface area contributed by atoms with Crippen LogP contribution in [0, 0.1) is 0 Å². The van der Waals surface area contributed by atoms with Gasteiger partial charge in [-0.05, 0) is 63.0 Å². The number of alkyl halides is 2. The first-order valence-corrected chi connectivity index (χ1v) is 11.8. The number of ether oxygens (including phenoxy) is 3. The lowest BCUT2D eigenvalue weighted by molar-refractivity contribution is -0.120. The molecule has 0 unspecified atom stereocenters. The molecule has 0 radical (unpaired) electrons. The highest BCUT2D eigenvalue weighted by molar-refractivity contribution is 5.83. The molecule has 2 aliphatic carbocycles. The van der Waals surface area contributed by atoms with Gasteiger partial charge in [0.1, 0.15) is 18.5 Å². The second-order valence-corrected chi connectivity index (χ2v) is 9.26. The average molecular weight is 466 g/mol. The molecule has 2 fully saturated rings. The van der Waals surface area contributed by atoms with Gasteiger partial charge in [0.25, 0.3) is 12.4 Å². The Bertz CT molecular complexity index is 968. The van der Waals surface area contributed by atoms with Crippen LogP contribution in [0.1, 0.15) is 63.9 Å². The van der Waals surface area contributed by atoms with E-state index in [1.165, 1.54) is 6.92 Å². The standard InChI is InChI=1S/C24H33F2N3O4/c1-14(27-15(2)30)12-31-17-6-8-18(9-7-17)33-24-28-23-20(16-4-5-16)10-19(32-13-22(25)26)11-21(23)29(24)3/h10-11,14,16-18,22H,4-9,12-13H2,1-3H3,(H,27,30)/t14-,17?,18?/m0/s1. The molecule has 1 atom stereocenters. The van der Waals surface area contributed by atoms with Gasteiger partial charge >= 0.3 is 0 Å². The zero-order valence-electron chi connectivity index (χ0n) is 19.5. The SMILES string of the molecule is CC(=O)N[C@@H](C)COC1CCC(Oc2nc3c(C4CC4)cc(OCC(F)F)cc3n2C)CC1. The molecule has 0 spiro atoms. The molecular formula is C24H33F2N3O4. The summed E-state index contributed by atoms with van der Waals surface area (Å²) in [6, 6.07) is 4.15. The van der Waals surface area contributed by atoms with Crippen LogP contribution in [0.3, 0.4) is 0 Å². The van der Waals surface area contributed by atoms with E-state index in [4.69, 9.17) is 19.2 Å². The zero-order valence-corrected chi connectivity index (χ0v) is 19.5. The number of imidazole rings is 1. The molecular weight excluding hydrogens is 432 g/mol. The molecule has 2 saturated carbocycles. The molecule has 0 bridgehead atoms. The summed E-state index contributed by atoms with van der Waals surface area (Å²) in [5.74, 6) is 0.798. The molecule has 1 heterocycles. The summed E-state index contributed by atoms with van der Waals surface area (Å²) in [6.07, 6.45) is 3.35. The summed E-state index contributed by atoms with van der Waals surface area (Å²) in [4.78, 5) is 15.9. The van der Waals surface area contributed by atoms with Gasteiger partial charge < -0.3 is 19.5 Å². The van der Waals surface area contributed by atoms with Gasteiger partial charge in [-0.2, -0.15) is 4.98 Å². The first-order chi connectivity index (χ1) is 15.8. The van der Waals surface area contributed by atoms with E-state index < -0.39 is 13.0 Å². The molecule has 7 nitrogen and oxygen atoms in total. The monoisotopic (exact) mass is 465 g/mol. The predicted octanol–water partition coefficient (Wildman–Crippen LogP) is 4.33. The minimum atomic E-state index is -2.51. The number of rotatable bonds is 10. The lowest BCUT2D eigenvalue weighted by Crippen LogP contribution is -2.37. The Morgan fingerprint density at radius 2 is 1.85 bits per heavy atom. The van der Waals surface area contributed by atoms with Crippen molar-refractivity contribution in [2.45, 2.75) is 83.0 Å². The van der Waals surface area contributed by atoms with E-state index in [9.17, 15) is 13.6 Å². The number of fused-ring (bicyclic) bond motifs is 1. The van der Waals surface area contributed by atoms with Crippen molar-refractivity contribution >= 4 is 16.9 Å². The fourth-order valence-electron chi connectivity index (χ4n) is 4.45. The maximum absolute atomic E-state index is 12.6. The third kappa shape index (κ3) is 6.13. The van der Waals surface area contributed by atoms with Crippen molar-refractivity contribution in [3.63, 3.8) is 0 Å². The number of carbonyl (C=O) groups is 1. The Labute approximate surface area is 192 Å². The predicted molar refractivity (Wildman–Crippen MR) is 120 cm³/mol. The molecule has 1 N–H and O–H groups in total. The van der Waals surface area contributed by atoms with E-state index in [0.717, 1.165) is 55.1 Å². The van der Waals surface area contributed by atoms with Gasteiger partial charge in [-0.3, -0.25) is 9.36 Å². The fraction of sp³-hybridized carbons (Fsp3) is 0.667. The smallest absolute Gasteiger partial charge is 0.297 e. The number of amides is 1. The van der Waals surface area contributed by atoms with Gasteiger partial charge in [0, 0.05) is 26.1 Å². The molecule has 1 aromatic carbocycles. The molecule has 9 heteroatoms. The average Bonchev–Trinajstić information content (AvgIpc) is 3.57. The quantitative estimate of drug-likeness (QED) is 0.566. The van der Waals surface area contributed by atoms with Crippen LogP contribution in [0.15, 0.2) is 12.1 Å². The number of hydrogen-bond donors (Lipinski definition) is 1. The Hall–Kier alpha value is -2.42. The van der Waals surface area contributed by atoms with E-state index in [2.05, 4.69) is 5.32 Å². The number of benzene rings is 1. The maximum atomic E-state index is 12.6. The number of hydrogen-bond acceptors (Lipinski definition) is 5. The third-order valence-electron chi connectivity index (χ3n) is 6.27. The van der Waals surface area contributed by atoms with Crippen LogP contribution in [0.5, 0.6) is 11.8 Å². The summed E-state index contributed by atoms with van der Waals surface area (Å²) >= 11 is 0. The topological polar surface area (TPSA) is 74.6 Å². The van der Waals surface area contributed by atoms with Crippen molar-refractivity contribution in [3.8, 4) is 11.8 Å². The van der Waals surface area contributed by atoms with Crippen LogP contribution in [-0.4, -0.2) is 53.3 Å².